The van der Waals surface area contributed by atoms with Gasteiger partial charge in [-0.15, -0.1) is 0 Å². The van der Waals surface area contributed by atoms with Crippen LogP contribution in [0.4, 0.5) is 0 Å². The van der Waals surface area contributed by atoms with E-state index >= 15 is 0 Å². The number of rotatable bonds is 6. The third-order valence-corrected chi connectivity index (χ3v) is 15.7. The summed E-state index contributed by atoms with van der Waals surface area (Å²) < 4.78 is 4.71. The zero-order valence-electron chi connectivity index (χ0n) is 41.0. The SMILES string of the molecule is N#Cc1c(-c2ccccc2)c(-c2ccc3c(ccc4cc(-n5c6ccccc6c6ccccc65)ccc43)c2)c(C#N)c(-c2ccccc2)c1-c1ccc2c(ccc3cc(-n4c5ccccc5c5ccccc54)ccc32)c1. The number of nitriles is 2. The summed E-state index contributed by atoms with van der Waals surface area (Å²) in [5.74, 6) is 0. The molecule has 0 fully saturated rings. The minimum atomic E-state index is 0.520. The van der Waals surface area contributed by atoms with Gasteiger partial charge in [0.15, 0.2) is 0 Å². The number of fused-ring (bicyclic) bond motifs is 12. The van der Waals surface area contributed by atoms with Crippen molar-refractivity contribution in [1.29, 1.82) is 10.5 Å². The van der Waals surface area contributed by atoms with Gasteiger partial charge in [-0.25, -0.2) is 0 Å². The standard InChI is InChI=1S/C72H42N4/c73-43-63-69(45-15-3-1-4-16-45)71(51-31-35-55-47(39-51)27-29-49-41-53(33-37-57(49)55)75-65-23-11-7-19-59(65)60-20-8-12-24-66(60)75)64(44-74)70(46-17-5-2-6-18-46)72(63)52-32-36-56-48(40-52)28-30-50-42-54(34-38-58(50)56)76-67-25-13-9-21-61(67)62-22-10-14-26-68(62)76/h1-42H. The molecule has 0 N–H and O–H groups in total. The minimum Gasteiger partial charge on any atom is -0.309 e. The van der Waals surface area contributed by atoms with E-state index in [4.69, 9.17) is 0 Å². The number of aromatic nitrogens is 2. The topological polar surface area (TPSA) is 57.4 Å². The molecule has 15 rings (SSSR count). The van der Waals surface area contributed by atoms with Gasteiger partial charge in [0, 0.05) is 55.2 Å². The predicted octanol–water partition coefficient (Wildman–Crippen LogP) is 18.9. The van der Waals surface area contributed by atoms with E-state index in [1.165, 1.54) is 43.6 Å². The van der Waals surface area contributed by atoms with Gasteiger partial charge in [0.1, 0.15) is 12.1 Å². The molecule has 0 aliphatic carbocycles. The van der Waals surface area contributed by atoms with Crippen molar-refractivity contribution in [3.05, 3.63) is 266 Å². The van der Waals surface area contributed by atoms with Gasteiger partial charge in [0.2, 0.25) is 0 Å². The van der Waals surface area contributed by atoms with Crippen LogP contribution in [0.1, 0.15) is 11.1 Å². The second-order valence-corrected chi connectivity index (χ2v) is 19.8. The zero-order chi connectivity index (χ0) is 50.4. The quantitative estimate of drug-likeness (QED) is 0.156. The molecule has 0 atom stereocenters. The van der Waals surface area contributed by atoms with E-state index in [9.17, 15) is 10.5 Å². The van der Waals surface area contributed by atoms with Crippen LogP contribution in [-0.2, 0) is 0 Å². The highest BCUT2D eigenvalue weighted by molar-refractivity contribution is 6.15. The van der Waals surface area contributed by atoms with E-state index < -0.39 is 0 Å². The summed E-state index contributed by atoms with van der Waals surface area (Å²) in [7, 11) is 0. The molecule has 4 heteroatoms. The van der Waals surface area contributed by atoms with Crippen molar-refractivity contribution >= 4 is 86.7 Å². The lowest BCUT2D eigenvalue weighted by Crippen LogP contribution is -2.02. The van der Waals surface area contributed by atoms with E-state index in [-0.39, 0.29) is 0 Å². The third-order valence-electron chi connectivity index (χ3n) is 15.7. The molecule has 2 aromatic heterocycles. The van der Waals surface area contributed by atoms with Gasteiger partial charge in [-0.1, -0.05) is 194 Å². The average Bonchev–Trinajstić information content (AvgIpc) is 4.09. The molecule has 2 heterocycles. The maximum Gasteiger partial charge on any atom is 0.100 e. The maximum atomic E-state index is 11.7. The lowest BCUT2D eigenvalue weighted by molar-refractivity contribution is 1.19. The van der Waals surface area contributed by atoms with Crippen LogP contribution in [0, 0.1) is 22.7 Å². The monoisotopic (exact) mass is 962 g/mol. The lowest BCUT2D eigenvalue weighted by Gasteiger charge is -2.23. The van der Waals surface area contributed by atoms with Gasteiger partial charge in [0.25, 0.3) is 0 Å². The van der Waals surface area contributed by atoms with E-state index in [1.54, 1.807) is 0 Å². The Morgan fingerprint density at radius 1 is 0.237 bits per heavy atom. The number of hydrogen-bond donors (Lipinski definition) is 0. The second kappa shape index (κ2) is 17.0. The van der Waals surface area contributed by atoms with E-state index in [1.807, 2.05) is 36.4 Å². The fraction of sp³-hybridized carbons (Fsp3) is 0. The van der Waals surface area contributed by atoms with Crippen molar-refractivity contribution < 1.29 is 0 Å². The summed E-state index contributed by atoms with van der Waals surface area (Å²) >= 11 is 0. The molecule has 0 amide bonds. The zero-order valence-corrected chi connectivity index (χ0v) is 41.0. The highest BCUT2D eigenvalue weighted by Gasteiger charge is 2.28. The van der Waals surface area contributed by atoms with Crippen molar-refractivity contribution in [2.24, 2.45) is 0 Å². The van der Waals surface area contributed by atoms with Gasteiger partial charge in [-0.3, -0.25) is 0 Å². The molecule has 0 aliphatic heterocycles. The summed E-state index contributed by atoms with van der Waals surface area (Å²) in [5, 5.41) is 37.2. The van der Waals surface area contributed by atoms with Crippen LogP contribution >= 0.6 is 0 Å². The number of benzene rings is 13. The van der Waals surface area contributed by atoms with Gasteiger partial charge in [-0.2, -0.15) is 10.5 Å². The molecule has 15 aromatic rings. The van der Waals surface area contributed by atoms with Crippen molar-refractivity contribution in [1.82, 2.24) is 9.13 Å². The fourth-order valence-electron chi connectivity index (χ4n) is 12.4. The van der Waals surface area contributed by atoms with Crippen LogP contribution in [0.5, 0.6) is 0 Å². The van der Waals surface area contributed by atoms with Gasteiger partial charge < -0.3 is 9.13 Å². The van der Waals surface area contributed by atoms with E-state index in [0.717, 1.165) is 99.0 Å². The first-order valence-electron chi connectivity index (χ1n) is 25.7. The second-order valence-electron chi connectivity index (χ2n) is 19.8. The molecule has 0 saturated heterocycles. The summed E-state index contributed by atoms with van der Waals surface area (Å²) in [6, 6.07) is 95.4. The molecule has 0 aliphatic rings. The molecule has 350 valence electrons. The first-order chi connectivity index (χ1) is 37.6. The Kier molecular flexibility index (Phi) is 9.66. The van der Waals surface area contributed by atoms with Crippen LogP contribution in [-0.4, -0.2) is 9.13 Å². The van der Waals surface area contributed by atoms with Crippen molar-refractivity contribution in [2.45, 2.75) is 0 Å². The summed E-state index contributed by atoms with van der Waals surface area (Å²) in [4.78, 5) is 0. The highest BCUT2D eigenvalue weighted by atomic mass is 15.0. The Balaban J connectivity index is 0.908. The molecular weight excluding hydrogens is 921 g/mol. The fourth-order valence-corrected chi connectivity index (χ4v) is 12.4. The summed E-state index contributed by atoms with van der Waals surface area (Å²) in [5.41, 5.74) is 14.4. The Bertz CT molecular complexity index is 4580. The third kappa shape index (κ3) is 6.49. The molecular formula is C72H42N4. The first-order valence-corrected chi connectivity index (χ1v) is 25.7. The highest BCUT2D eigenvalue weighted by Crippen LogP contribution is 2.50. The maximum absolute atomic E-state index is 11.7. The smallest absolute Gasteiger partial charge is 0.100 e. The Hall–Kier alpha value is -10.5. The van der Waals surface area contributed by atoms with Gasteiger partial charge in [0.05, 0.1) is 33.2 Å². The number of para-hydroxylation sites is 4. The van der Waals surface area contributed by atoms with E-state index in [2.05, 4.69) is 240 Å². The number of nitrogens with zero attached hydrogens (tertiary/aromatic N) is 4. The lowest BCUT2D eigenvalue weighted by atomic mass is 9.77. The van der Waals surface area contributed by atoms with E-state index in [0.29, 0.717) is 11.1 Å². The van der Waals surface area contributed by atoms with Crippen molar-refractivity contribution in [3.63, 3.8) is 0 Å². The Labute approximate surface area is 438 Å². The van der Waals surface area contributed by atoms with Crippen LogP contribution in [0.3, 0.4) is 0 Å². The molecule has 0 bridgehead atoms. The molecule has 76 heavy (non-hydrogen) atoms. The predicted molar refractivity (Wildman–Crippen MR) is 316 cm³/mol. The van der Waals surface area contributed by atoms with Gasteiger partial charge >= 0.3 is 0 Å². The van der Waals surface area contributed by atoms with Crippen LogP contribution in [0.25, 0.3) is 143 Å². The molecule has 13 aromatic carbocycles. The minimum absolute atomic E-state index is 0.520. The normalized spacial score (nSPS) is 11.7. The summed E-state index contributed by atoms with van der Waals surface area (Å²) in [6.45, 7) is 0. The first kappa shape index (κ1) is 43.1. The molecule has 0 radical (unpaired) electrons. The van der Waals surface area contributed by atoms with Crippen molar-refractivity contribution in [3.8, 4) is 68.0 Å². The van der Waals surface area contributed by atoms with Crippen LogP contribution in [0.15, 0.2) is 255 Å². The van der Waals surface area contributed by atoms with Crippen LogP contribution in [0.2, 0.25) is 0 Å². The molecule has 0 saturated carbocycles. The Morgan fingerprint density at radius 3 is 0.868 bits per heavy atom. The largest absolute Gasteiger partial charge is 0.309 e. The molecule has 0 spiro atoms. The summed E-state index contributed by atoms with van der Waals surface area (Å²) in [6.07, 6.45) is 0. The molecule has 4 nitrogen and oxygen atoms in total. The average molecular weight is 963 g/mol. The molecule has 0 unspecified atom stereocenters. The van der Waals surface area contributed by atoms with Gasteiger partial charge in [-0.05, 0) is 126 Å². The Morgan fingerprint density at radius 2 is 0.526 bits per heavy atom. The van der Waals surface area contributed by atoms with Crippen LogP contribution < -0.4 is 0 Å². The number of hydrogen-bond acceptors (Lipinski definition) is 2. The van der Waals surface area contributed by atoms with Crippen molar-refractivity contribution in [2.75, 3.05) is 0 Å².